The van der Waals surface area contributed by atoms with Gasteiger partial charge in [-0.25, -0.2) is 4.39 Å². The summed E-state index contributed by atoms with van der Waals surface area (Å²) in [5.41, 5.74) is 1.84. The molecule has 2 unspecified atom stereocenters. The lowest BCUT2D eigenvalue weighted by atomic mass is 10.0. The first-order valence-corrected chi connectivity index (χ1v) is 7.39. The second-order valence-corrected chi connectivity index (χ2v) is 6.01. The van der Waals surface area contributed by atoms with Gasteiger partial charge in [0, 0.05) is 31.7 Å². The molecule has 2 saturated heterocycles. The normalized spacial score (nSPS) is 26.4. The molecule has 0 aromatic heterocycles. The number of halogens is 1. The van der Waals surface area contributed by atoms with Crippen LogP contribution in [0.1, 0.15) is 36.9 Å². The van der Waals surface area contributed by atoms with Gasteiger partial charge in [-0.3, -0.25) is 9.80 Å². The maximum absolute atomic E-state index is 13.7. The highest BCUT2D eigenvalue weighted by Gasteiger charge is 2.32. The number of nitrogens with zero attached hydrogens (tertiary/aromatic N) is 2. The molecule has 1 aromatic rings. The first-order valence-electron chi connectivity index (χ1n) is 7.39. The number of piperazine rings is 1. The summed E-state index contributed by atoms with van der Waals surface area (Å²) in [6.45, 7) is 8.70. The highest BCUT2D eigenvalue weighted by atomic mass is 19.1. The summed E-state index contributed by atoms with van der Waals surface area (Å²) in [5.74, 6) is -0.0798. The Labute approximate surface area is 115 Å². The number of hydrogen-bond donors (Lipinski definition) is 0. The fourth-order valence-corrected chi connectivity index (χ4v) is 3.45. The second-order valence-electron chi connectivity index (χ2n) is 6.01. The monoisotopic (exact) mass is 262 g/mol. The number of hydrogen-bond acceptors (Lipinski definition) is 2. The van der Waals surface area contributed by atoms with Crippen molar-refractivity contribution in [2.45, 2.75) is 38.8 Å². The van der Waals surface area contributed by atoms with Crippen LogP contribution in [-0.4, -0.2) is 42.0 Å². The summed E-state index contributed by atoms with van der Waals surface area (Å²) < 4.78 is 13.7. The lowest BCUT2D eigenvalue weighted by Crippen LogP contribution is -2.50. The molecule has 2 aliphatic heterocycles. The smallest absolute Gasteiger partial charge is 0.126 e. The van der Waals surface area contributed by atoms with Gasteiger partial charge in [0.15, 0.2) is 0 Å². The Morgan fingerprint density at radius 2 is 2.11 bits per heavy atom. The van der Waals surface area contributed by atoms with Gasteiger partial charge in [0.25, 0.3) is 0 Å². The van der Waals surface area contributed by atoms with Crippen LogP contribution in [0.15, 0.2) is 18.2 Å². The van der Waals surface area contributed by atoms with E-state index in [-0.39, 0.29) is 5.82 Å². The van der Waals surface area contributed by atoms with E-state index >= 15 is 0 Å². The van der Waals surface area contributed by atoms with Crippen LogP contribution in [0.5, 0.6) is 0 Å². The Morgan fingerprint density at radius 3 is 2.89 bits per heavy atom. The predicted molar refractivity (Wildman–Crippen MR) is 75.7 cm³/mol. The summed E-state index contributed by atoms with van der Waals surface area (Å²) in [7, 11) is 0. The van der Waals surface area contributed by atoms with Crippen molar-refractivity contribution in [3.05, 3.63) is 35.1 Å². The van der Waals surface area contributed by atoms with Crippen LogP contribution in [0.4, 0.5) is 4.39 Å². The molecule has 2 fully saturated rings. The highest BCUT2D eigenvalue weighted by molar-refractivity contribution is 5.25. The van der Waals surface area contributed by atoms with Gasteiger partial charge in [-0.2, -0.15) is 0 Å². The molecule has 104 valence electrons. The van der Waals surface area contributed by atoms with E-state index in [0.717, 1.165) is 30.3 Å². The molecule has 19 heavy (non-hydrogen) atoms. The zero-order valence-corrected chi connectivity index (χ0v) is 11.9. The standard InChI is InChI=1S/C16H23FN2/c1-12-5-6-14(10-16(12)17)13(2)19-9-8-18-7-3-4-15(18)11-19/h5-6,10,13,15H,3-4,7-9,11H2,1-2H3. The van der Waals surface area contributed by atoms with E-state index in [1.165, 1.54) is 25.9 Å². The minimum Gasteiger partial charge on any atom is -0.298 e. The van der Waals surface area contributed by atoms with Crippen molar-refractivity contribution >= 4 is 0 Å². The third-order valence-corrected chi connectivity index (χ3v) is 4.84. The van der Waals surface area contributed by atoms with Crippen molar-refractivity contribution in [3.8, 4) is 0 Å². The third-order valence-electron chi connectivity index (χ3n) is 4.84. The second kappa shape index (κ2) is 5.22. The van der Waals surface area contributed by atoms with Gasteiger partial charge >= 0.3 is 0 Å². The van der Waals surface area contributed by atoms with E-state index in [0.29, 0.717) is 6.04 Å². The molecule has 3 rings (SSSR count). The van der Waals surface area contributed by atoms with Crippen LogP contribution < -0.4 is 0 Å². The average molecular weight is 262 g/mol. The van der Waals surface area contributed by atoms with Crippen LogP contribution in [-0.2, 0) is 0 Å². The molecule has 2 aliphatic rings. The van der Waals surface area contributed by atoms with Gasteiger partial charge in [-0.05, 0) is 50.4 Å². The summed E-state index contributed by atoms with van der Waals surface area (Å²) in [5, 5.41) is 0. The maximum Gasteiger partial charge on any atom is 0.126 e. The van der Waals surface area contributed by atoms with Crippen molar-refractivity contribution in [1.29, 1.82) is 0 Å². The molecule has 2 atom stereocenters. The molecule has 1 aromatic carbocycles. The van der Waals surface area contributed by atoms with Gasteiger partial charge in [-0.15, -0.1) is 0 Å². The molecule has 2 nitrogen and oxygen atoms in total. The summed E-state index contributed by atoms with van der Waals surface area (Å²) >= 11 is 0. The SMILES string of the molecule is Cc1ccc(C(C)N2CCN3CCCC3C2)cc1F. The Balaban J connectivity index is 1.72. The van der Waals surface area contributed by atoms with Gasteiger partial charge in [0.1, 0.15) is 5.82 Å². The van der Waals surface area contributed by atoms with Gasteiger partial charge in [0.2, 0.25) is 0 Å². The minimum absolute atomic E-state index is 0.0798. The average Bonchev–Trinajstić information content (AvgIpc) is 2.88. The van der Waals surface area contributed by atoms with E-state index in [1.807, 2.05) is 13.0 Å². The van der Waals surface area contributed by atoms with Crippen LogP contribution >= 0.6 is 0 Å². The molecule has 3 heteroatoms. The number of aryl methyl sites for hydroxylation is 1. The molecule has 0 N–H and O–H groups in total. The van der Waals surface area contributed by atoms with Crippen molar-refractivity contribution in [2.24, 2.45) is 0 Å². The molecule has 0 bridgehead atoms. The first kappa shape index (κ1) is 13.1. The molecule has 2 heterocycles. The van der Waals surface area contributed by atoms with Crippen LogP contribution in [0, 0.1) is 12.7 Å². The summed E-state index contributed by atoms with van der Waals surface area (Å²) in [4.78, 5) is 5.12. The predicted octanol–water partition coefficient (Wildman–Crippen LogP) is 2.98. The van der Waals surface area contributed by atoms with Gasteiger partial charge < -0.3 is 0 Å². The Bertz CT molecular complexity index is 460. The molecule has 0 spiro atoms. The zero-order valence-electron chi connectivity index (χ0n) is 11.9. The fraction of sp³-hybridized carbons (Fsp3) is 0.625. The topological polar surface area (TPSA) is 6.48 Å². The number of rotatable bonds is 2. The van der Waals surface area contributed by atoms with Crippen molar-refractivity contribution < 1.29 is 4.39 Å². The van der Waals surface area contributed by atoms with E-state index < -0.39 is 0 Å². The van der Waals surface area contributed by atoms with Crippen molar-refractivity contribution in [3.63, 3.8) is 0 Å². The molecule has 0 radical (unpaired) electrons. The van der Waals surface area contributed by atoms with Gasteiger partial charge in [-0.1, -0.05) is 12.1 Å². The minimum atomic E-state index is -0.0798. The molecular weight excluding hydrogens is 239 g/mol. The molecular formula is C16H23FN2. The van der Waals surface area contributed by atoms with Crippen molar-refractivity contribution in [1.82, 2.24) is 9.80 Å². The van der Waals surface area contributed by atoms with Crippen LogP contribution in [0.3, 0.4) is 0 Å². The molecule has 0 amide bonds. The number of benzene rings is 1. The van der Waals surface area contributed by atoms with E-state index in [2.05, 4.69) is 22.8 Å². The third kappa shape index (κ3) is 2.54. The van der Waals surface area contributed by atoms with Crippen LogP contribution in [0.2, 0.25) is 0 Å². The number of fused-ring (bicyclic) bond motifs is 1. The lowest BCUT2D eigenvalue weighted by Gasteiger charge is -2.40. The fourth-order valence-electron chi connectivity index (χ4n) is 3.45. The Hall–Kier alpha value is -0.930. The van der Waals surface area contributed by atoms with Crippen LogP contribution in [0.25, 0.3) is 0 Å². The van der Waals surface area contributed by atoms with Gasteiger partial charge in [0.05, 0.1) is 0 Å². The largest absolute Gasteiger partial charge is 0.298 e. The zero-order chi connectivity index (χ0) is 13.4. The summed E-state index contributed by atoms with van der Waals surface area (Å²) in [6, 6.07) is 6.72. The Morgan fingerprint density at radius 1 is 1.26 bits per heavy atom. The maximum atomic E-state index is 13.7. The summed E-state index contributed by atoms with van der Waals surface area (Å²) in [6.07, 6.45) is 2.66. The quantitative estimate of drug-likeness (QED) is 0.808. The molecule has 0 saturated carbocycles. The highest BCUT2D eigenvalue weighted by Crippen LogP contribution is 2.28. The lowest BCUT2D eigenvalue weighted by molar-refractivity contribution is 0.0769. The Kier molecular flexibility index (Phi) is 3.59. The van der Waals surface area contributed by atoms with E-state index in [9.17, 15) is 4.39 Å². The van der Waals surface area contributed by atoms with Crippen molar-refractivity contribution in [2.75, 3.05) is 26.2 Å². The van der Waals surface area contributed by atoms with E-state index in [4.69, 9.17) is 0 Å². The van der Waals surface area contributed by atoms with E-state index in [1.54, 1.807) is 6.07 Å². The molecule has 0 aliphatic carbocycles. The first-order chi connectivity index (χ1) is 9.15.